The summed E-state index contributed by atoms with van der Waals surface area (Å²) in [7, 11) is 1.43. The second-order valence-corrected chi connectivity index (χ2v) is 3.10. The first-order valence-corrected chi connectivity index (χ1v) is 4.01. The Morgan fingerprint density at radius 3 is 2.91 bits per heavy atom. The van der Waals surface area contributed by atoms with Crippen LogP contribution in [0.1, 0.15) is 26.2 Å². The second kappa shape index (κ2) is 3.56. The van der Waals surface area contributed by atoms with E-state index in [-0.39, 0.29) is 5.97 Å². The molecule has 2 nitrogen and oxygen atoms in total. The zero-order chi connectivity index (χ0) is 8.27. The Hall–Kier alpha value is -0.790. The van der Waals surface area contributed by atoms with Gasteiger partial charge in [-0.2, -0.15) is 0 Å². The molecule has 0 aromatic rings. The van der Waals surface area contributed by atoms with Gasteiger partial charge in [-0.15, -0.1) is 0 Å². The highest BCUT2D eigenvalue weighted by atomic mass is 16.5. The van der Waals surface area contributed by atoms with E-state index in [4.69, 9.17) is 0 Å². The van der Waals surface area contributed by atoms with E-state index >= 15 is 0 Å². The van der Waals surface area contributed by atoms with E-state index in [1.807, 2.05) is 6.08 Å². The minimum atomic E-state index is -0.156. The molecule has 0 amide bonds. The summed E-state index contributed by atoms with van der Waals surface area (Å²) in [5.74, 6) is 0.570. The van der Waals surface area contributed by atoms with Gasteiger partial charge < -0.3 is 4.74 Å². The van der Waals surface area contributed by atoms with Crippen molar-refractivity contribution in [3.8, 4) is 0 Å². The van der Waals surface area contributed by atoms with Crippen molar-refractivity contribution in [2.75, 3.05) is 7.11 Å². The van der Waals surface area contributed by atoms with Crippen LogP contribution in [0.5, 0.6) is 0 Å². The molecule has 2 heteroatoms. The maximum atomic E-state index is 11.0. The minimum absolute atomic E-state index is 0.156. The van der Waals surface area contributed by atoms with E-state index in [0.717, 1.165) is 30.8 Å². The lowest BCUT2D eigenvalue weighted by Gasteiger charge is -2.15. The average molecular weight is 154 g/mol. The van der Waals surface area contributed by atoms with E-state index in [9.17, 15) is 4.79 Å². The predicted molar refractivity (Wildman–Crippen MR) is 43.1 cm³/mol. The first-order chi connectivity index (χ1) is 5.24. The zero-order valence-corrected chi connectivity index (χ0v) is 7.09. The summed E-state index contributed by atoms with van der Waals surface area (Å²) in [4.78, 5) is 11.0. The first-order valence-electron chi connectivity index (χ1n) is 4.01. The molecule has 0 aromatic carbocycles. The van der Waals surface area contributed by atoms with Crippen molar-refractivity contribution >= 4 is 5.97 Å². The van der Waals surface area contributed by atoms with E-state index in [2.05, 4.69) is 11.7 Å². The summed E-state index contributed by atoms with van der Waals surface area (Å²) >= 11 is 0. The molecule has 62 valence electrons. The molecular formula is C9H14O2. The lowest BCUT2D eigenvalue weighted by atomic mass is 9.91. The number of allylic oxidation sites excluding steroid dienone is 1. The smallest absolute Gasteiger partial charge is 0.333 e. The fourth-order valence-electron chi connectivity index (χ4n) is 1.28. The van der Waals surface area contributed by atoms with Crippen molar-refractivity contribution in [2.24, 2.45) is 5.92 Å². The predicted octanol–water partition coefficient (Wildman–Crippen LogP) is 1.91. The highest BCUT2D eigenvalue weighted by Crippen LogP contribution is 2.23. The molecule has 1 aliphatic rings. The molecule has 0 fully saturated rings. The van der Waals surface area contributed by atoms with Crippen molar-refractivity contribution in [1.29, 1.82) is 0 Å². The van der Waals surface area contributed by atoms with Crippen LogP contribution in [0.3, 0.4) is 0 Å². The van der Waals surface area contributed by atoms with Crippen LogP contribution in [-0.4, -0.2) is 13.1 Å². The third-order valence-electron chi connectivity index (χ3n) is 2.12. The fraction of sp³-hybridized carbons (Fsp3) is 0.667. The topological polar surface area (TPSA) is 26.3 Å². The molecule has 0 saturated carbocycles. The van der Waals surface area contributed by atoms with Crippen molar-refractivity contribution in [3.05, 3.63) is 11.6 Å². The van der Waals surface area contributed by atoms with E-state index in [1.54, 1.807) is 0 Å². The number of carbonyl (C=O) groups is 1. The number of hydrogen-bond donors (Lipinski definition) is 0. The van der Waals surface area contributed by atoms with Gasteiger partial charge in [-0.05, 0) is 25.2 Å². The maximum absolute atomic E-state index is 11.0. The highest BCUT2D eigenvalue weighted by Gasteiger charge is 2.15. The highest BCUT2D eigenvalue weighted by molar-refractivity contribution is 5.88. The summed E-state index contributed by atoms with van der Waals surface area (Å²) in [6, 6.07) is 0. The van der Waals surface area contributed by atoms with Crippen molar-refractivity contribution < 1.29 is 9.53 Å². The number of rotatable bonds is 1. The number of carbonyl (C=O) groups excluding carboxylic acids is 1. The molecule has 0 heterocycles. The van der Waals surface area contributed by atoms with E-state index in [1.165, 1.54) is 7.11 Å². The van der Waals surface area contributed by atoms with Crippen molar-refractivity contribution in [2.45, 2.75) is 26.2 Å². The Morgan fingerprint density at radius 1 is 1.73 bits per heavy atom. The Morgan fingerprint density at radius 2 is 2.45 bits per heavy atom. The molecule has 0 bridgehead atoms. The molecular weight excluding hydrogens is 140 g/mol. The summed E-state index contributed by atoms with van der Waals surface area (Å²) in [6.07, 6.45) is 5.01. The van der Waals surface area contributed by atoms with Crippen LogP contribution in [-0.2, 0) is 9.53 Å². The molecule has 0 saturated heterocycles. The molecule has 1 aliphatic carbocycles. The number of methoxy groups -OCH3 is 1. The van der Waals surface area contributed by atoms with Crippen LogP contribution in [0.15, 0.2) is 11.6 Å². The Labute approximate surface area is 67.2 Å². The van der Waals surface area contributed by atoms with Gasteiger partial charge in [0.15, 0.2) is 0 Å². The van der Waals surface area contributed by atoms with Gasteiger partial charge in [0.25, 0.3) is 0 Å². The van der Waals surface area contributed by atoms with Crippen LogP contribution in [0.25, 0.3) is 0 Å². The number of hydrogen-bond acceptors (Lipinski definition) is 2. The Kier molecular flexibility index (Phi) is 2.69. The van der Waals surface area contributed by atoms with Crippen LogP contribution in [0.4, 0.5) is 0 Å². The normalized spacial score (nSPS) is 24.2. The Bertz CT molecular complexity index is 182. The lowest BCUT2D eigenvalue weighted by molar-refractivity contribution is -0.136. The maximum Gasteiger partial charge on any atom is 0.333 e. The van der Waals surface area contributed by atoms with Gasteiger partial charge in [-0.1, -0.05) is 13.0 Å². The van der Waals surface area contributed by atoms with Gasteiger partial charge in [-0.25, -0.2) is 4.79 Å². The number of ether oxygens (including phenoxy) is 1. The standard InChI is InChI=1S/C9H14O2/c1-7-3-5-8(6-4-7)9(10)11-2/h5,7H,3-4,6H2,1-2H3/t7-/m0/s1. The summed E-state index contributed by atoms with van der Waals surface area (Å²) in [5.41, 5.74) is 0.852. The van der Waals surface area contributed by atoms with Gasteiger partial charge in [-0.3, -0.25) is 0 Å². The lowest BCUT2D eigenvalue weighted by Crippen LogP contribution is -2.10. The third kappa shape index (κ3) is 2.07. The second-order valence-electron chi connectivity index (χ2n) is 3.10. The average Bonchev–Trinajstić information content (AvgIpc) is 2.05. The first kappa shape index (κ1) is 8.31. The van der Waals surface area contributed by atoms with Crippen LogP contribution in [0.2, 0.25) is 0 Å². The molecule has 0 N–H and O–H groups in total. The molecule has 0 radical (unpaired) electrons. The van der Waals surface area contributed by atoms with Crippen LogP contribution in [0, 0.1) is 5.92 Å². The molecule has 0 spiro atoms. The fourth-order valence-corrected chi connectivity index (χ4v) is 1.28. The minimum Gasteiger partial charge on any atom is -0.466 e. The zero-order valence-electron chi connectivity index (χ0n) is 7.09. The molecule has 0 aromatic heterocycles. The summed E-state index contributed by atoms with van der Waals surface area (Å²) < 4.78 is 4.62. The molecule has 1 atom stereocenters. The largest absolute Gasteiger partial charge is 0.466 e. The quantitative estimate of drug-likeness (QED) is 0.539. The molecule has 11 heavy (non-hydrogen) atoms. The van der Waals surface area contributed by atoms with Crippen molar-refractivity contribution in [1.82, 2.24) is 0 Å². The monoisotopic (exact) mass is 154 g/mol. The van der Waals surface area contributed by atoms with Gasteiger partial charge >= 0.3 is 5.97 Å². The van der Waals surface area contributed by atoms with Gasteiger partial charge in [0.1, 0.15) is 0 Å². The molecule has 0 unspecified atom stereocenters. The van der Waals surface area contributed by atoms with E-state index in [0.29, 0.717) is 0 Å². The van der Waals surface area contributed by atoms with Gasteiger partial charge in [0.05, 0.1) is 7.11 Å². The Balaban J connectivity index is 2.54. The van der Waals surface area contributed by atoms with Gasteiger partial charge in [0, 0.05) is 5.57 Å². The van der Waals surface area contributed by atoms with Crippen molar-refractivity contribution in [3.63, 3.8) is 0 Å². The summed E-state index contributed by atoms with van der Waals surface area (Å²) in [6.45, 7) is 2.20. The molecule has 0 aliphatic heterocycles. The van der Waals surface area contributed by atoms with Crippen LogP contribution < -0.4 is 0 Å². The third-order valence-corrected chi connectivity index (χ3v) is 2.12. The summed E-state index contributed by atoms with van der Waals surface area (Å²) in [5, 5.41) is 0. The van der Waals surface area contributed by atoms with Crippen LogP contribution >= 0.6 is 0 Å². The molecule has 1 rings (SSSR count). The van der Waals surface area contributed by atoms with Gasteiger partial charge in [0.2, 0.25) is 0 Å². The SMILES string of the molecule is COC(=O)C1=CC[C@H](C)CC1. The number of esters is 1. The van der Waals surface area contributed by atoms with E-state index < -0.39 is 0 Å².